The van der Waals surface area contributed by atoms with Gasteiger partial charge >= 0.3 is 0 Å². The maximum absolute atomic E-state index is 12.5. The molecule has 0 atom stereocenters. The van der Waals surface area contributed by atoms with E-state index in [1.54, 1.807) is 36.4 Å². The minimum absolute atomic E-state index is 0.0931. The molecule has 3 N–H and O–H groups in total. The maximum Gasteiger partial charge on any atom is 0.261 e. The highest BCUT2D eigenvalue weighted by Gasteiger charge is 2.17. The van der Waals surface area contributed by atoms with Crippen molar-refractivity contribution in [2.45, 2.75) is 4.90 Å². The number of benzene rings is 2. The number of hydrogen-bond donors (Lipinski definition) is 3. The Balaban J connectivity index is 1.49. The van der Waals surface area contributed by atoms with E-state index >= 15 is 0 Å². The summed E-state index contributed by atoms with van der Waals surface area (Å²) in [6.07, 6.45) is 0. The first kappa shape index (κ1) is 25.1. The third-order valence-electron chi connectivity index (χ3n) is 4.74. The fourth-order valence-electron chi connectivity index (χ4n) is 2.85. The molecular formula is C23H24N4O5S2. The van der Waals surface area contributed by atoms with Crippen LogP contribution < -0.4 is 16.0 Å². The van der Waals surface area contributed by atoms with Gasteiger partial charge in [0.25, 0.3) is 17.7 Å². The topological polar surface area (TPSA) is 125 Å². The quantitative estimate of drug-likeness (QED) is 0.389. The third kappa shape index (κ3) is 6.28. The molecule has 178 valence electrons. The number of carbonyl (C=O) groups is 3. The molecule has 0 radical (unpaired) electrons. The van der Waals surface area contributed by atoms with Crippen LogP contribution in [0.25, 0.3) is 0 Å². The summed E-state index contributed by atoms with van der Waals surface area (Å²) in [6, 6.07) is 15.5. The SMILES string of the molecule is CN(C)S(=O)(=O)c1ccc(C(=O)Nc2ccc(C(=O)NCCNC(=O)c3cccs3)cc2)cc1. The van der Waals surface area contributed by atoms with Gasteiger partial charge in [-0.05, 0) is 60.0 Å². The molecule has 0 saturated heterocycles. The molecule has 9 nitrogen and oxygen atoms in total. The van der Waals surface area contributed by atoms with Crippen molar-refractivity contribution < 1.29 is 22.8 Å². The van der Waals surface area contributed by atoms with Crippen LogP contribution in [0, 0.1) is 0 Å². The zero-order valence-corrected chi connectivity index (χ0v) is 20.2. The number of nitrogens with zero attached hydrogens (tertiary/aromatic N) is 1. The summed E-state index contributed by atoms with van der Waals surface area (Å²) in [4.78, 5) is 37.3. The first-order chi connectivity index (χ1) is 16.2. The van der Waals surface area contributed by atoms with Crippen molar-refractivity contribution >= 4 is 44.8 Å². The number of amides is 3. The van der Waals surface area contributed by atoms with Gasteiger partial charge in [0.05, 0.1) is 9.77 Å². The minimum atomic E-state index is -3.57. The normalized spacial score (nSPS) is 11.1. The van der Waals surface area contributed by atoms with E-state index in [4.69, 9.17) is 0 Å². The highest BCUT2D eigenvalue weighted by Crippen LogP contribution is 2.16. The van der Waals surface area contributed by atoms with E-state index in [-0.39, 0.29) is 23.3 Å². The minimum Gasteiger partial charge on any atom is -0.350 e. The number of sulfonamides is 1. The van der Waals surface area contributed by atoms with Crippen LogP contribution in [0.15, 0.2) is 70.9 Å². The van der Waals surface area contributed by atoms with Gasteiger partial charge in [0.2, 0.25) is 10.0 Å². The number of thiophene rings is 1. The number of nitrogens with one attached hydrogen (secondary N) is 3. The van der Waals surface area contributed by atoms with Gasteiger partial charge in [0, 0.05) is 44.0 Å². The first-order valence-electron chi connectivity index (χ1n) is 10.2. The van der Waals surface area contributed by atoms with Crippen LogP contribution in [0.5, 0.6) is 0 Å². The summed E-state index contributed by atoms with van der Waals surface area (Å²) >= 11 is 1.34. The Morgan fingerprint density at radius 3 is 1.91 bits per heavy atom. The van der Waals surface area contributed by atoms with E-state index in [2.05, 4.69) is 16.0 Å². The summed E-state index contributed by atoms with van der Waals surface area (Å²) in [5, 5.41) is 9.97. The van der Waals surface area contributed by atoms with E-state index in [0.717, 1.165) is 4.31 Å². The Morgan fingerprint density at radius 1 is 0.794 bits per heavy atom. The van der Waals surface area contributed by atoms with Gasteiger partial charge in [-0.15, -0.1) is 11.3 Å². The van der Waals surface area contributed by atoms with E-state index < -0.39 is 15.9 Å². The lowest BCUT2D eigenvalue weighted by molar-refractivity contribution is 0.0929. The molecule has 1 heterocycles. The molecule has 2 aromatic carbocycles. The van der Waals surface area contributed by atoms with Crippen molar-refractivity contribution in [2.75, 3.05) is 32.5 Å². The molecule has 0 aliphatic rings. The van der Waals surface area contributed by atoms with Gasteiger partial charge in [-0.25, -0.2) is 12.7 Å². The van der Waals surface area contributed by atoms with Crippen molar-refractivity contribution in [1.82, 2.24) is 14.9 Å². The van der Waals surface area contributed by atoms with Gasteiger partial charge in [-0.3, -0.25) is 14.4 Å². The summed E-state index contributed by atoms with van der Waals surface area (Å²) in [5.41, 5.74) is 1.18. The zero-order chi connectivity index (χ0) is 24.7. The lowest BCUT2D eigenvalue weighted by atomic mass is 10.1. The Labute approximate surface area is 201 Å². The van der Waals surface area contributed by atoms with Gasteiger partial charge in [-0.1, -0.05) is 6.07 Å². The van der Waals surface area contributed by atoms with Crippen molar-refractivity contribution in [1.29, 1.82) is 0 Å². The second-order valence-electron chi connectivity index (χ2n) is 7.33. The molecule has 0 saturated carbocycles. The Morgan fingerprint density at radius 2 is 1.35 bits per heavy atom. The number of rotatable bonds is 9. The molecule has 0 fully saturated rings. The average molecular weight is 501 g/mol. The first-order valence-corrected chi connectivity index (χ1v) is 12.5. The second-order valence-corrected chi connectivity index (χ2v) is 10.4. The second kappa shape index (κ2) is 11.1. The van der Waals surface area contributed by atoms with E-state index in [9.17, 15) is 22.8 Å². The van der Waals surface area contributed by atoms with Crippen LogP contribution in [0.3, 0.4) is 0 Å². The Kier molecular flexibility index (Phi) is 8.16. The monoisotopic (exact) mass is 500 g/mol. The molecule has 3 rings (SSSR count). The maximum atomic E-state index is 12.5. The molecule has 0 aliphatic heterocycles. The summed E-state index contributed by atoms with van der Waals surface area (Å²) < 4.78 is 25.4. The van der Waals surface area contributed by atoms with Gasteiger partial charge in [-0.2, -0.15) is 0 Å². The zero-order valence-electron chi connectivity index (χ0n) is 18.6. The third-order valence-corrected chi connectivity index (χ3v) is 7.44. The lowest BCUT2D eigenvalue weighted by Gasteiger charge is -2.12. The van der Waals surface area contributed by atoms with Gasteiger partial charge < -0.3 is 16.0 Å². The highest BCUT2D eigenvalue weighted by molar-refractivity contribution is 7.89. The fraction of sp³-hybridized carbons (Fsp3) is 0.174. The molecule has 0 unspecified atom stereocenters. The van der Waals surface area contributed by atoms with Gasteiger partial charge in [0.1, 0.15) is 0 Å². The molecule has 0 spiro atoms. The fourth-order valence-corrected chi connectivity index (χ4v) is 4.39. The largest absolute Gasteiger partial charge is 0.350 e. The molecule has 11 heteroatoms. The van der Waals surface area contributed by atoms with Crippen LogP contribution >= 0.6 is 11.3 Å². The molecule has 1 aromatic heterocycles. The van der Waals surface area contributed by atoms with Crippen molar-refractivity contribution in [2.24, 2.45) is 0 Å². The molecule has 0 bridgehead atoms. The summed E-state index contributed by atoms with van der Waals surface area (Å²) in [7, 11) is -0.702. The van der Waals surface area contributed by atoms with Crippen molar-refractivity contribution in [3.05, 3.63) is 82.0 Å². The molecule has 3 aromatic rings. The van der Waals surface area contributed by atoms with Gasteiger partial charge in [0.15, 0.2) is 0 Å². The summed E-state index contributed by atoms with van der Waals surface area (Å²) in [5.74, 6) is -0.897. The van der Waals surface area contributed by atoms with Crippen LogP contribution in [0.4, 0.5) is 5.69 Å². The predicted molar refractivity (Wildman–Crippen MR) is 131 cm³/mol. The van der Waals surface area contributed by atoms with Crippen molar-refractivity contribution in [3.8, 4) is 0 Å². The van der Waals surface area contributed by atoms with E-state index in [0.29, 0.717) is 28.2 Å². The average Bonchev–Trinajstić information content (AvgIpc) is 3.37. The lowest BCUT2D eigenvalue weighted by Crippen LogP contribution is -2.34. The standard InChI is InChI=1S/C23H24N4O5S2/c1-27(2)34(31,32)19-11-7-17(8-12-19)22(29)26-18-9-5-16(6-10-18)21(28)24-13-14-25-23(30)20-4-3-15-33-20/h3-12,15H,13-14H2,1-2H3,(H,24,28)(H,25,30)(H,26,29). The van der Waals surface area contributed by atoms with Crippen molar-refractivity contribution in [3.63, 3.8) is 0 Å². The van der Waals surface area contributed by atoms with Crippen LogP contribution in [0.1, 0.15) is 30.4 Å². The number of carbonyl (C=O) groups excluding carboxylic acids is 3. The number of hydrogen-bond acceptors (Lipinski definition) is 6. The van der Waals surface area contributed by atoms with Crippen LogP contribution in [-0.4, -0.2) is 57.6 Å². The Bertz CT molecular complexity index is 1250. The highest BCUT2D eigenvalue weighted by atomic mass is 32.2. The summed E-state index contributed by atoms with van der Waals surface area (Å²) in [6.45, 7) is 0.569. The number of anilines is 1. The Hall–Kier alpha value is -3.54. The molecule has 3 amide bonds. The molecule has 34 heavy (non-hydrogen) atoms. The predicted octanol–water partition coefficient (Wildman–Crippen LogP) is 2.41. The molecular weight excluding hydrogens is 476 g/mol. The molecule has 0 aliphatic carbocycles. The van der Waals surface area contributed by atoms with E-state index in [1.807, 2.05) is 5.38 Å². The van der Waals surface area contributed by atoms with Crippen LogP contribution in [-0.2, 0) is 10.0 Å². The van der Waals surface area contributed by atoms with E-state index in [1.165, 1.54) is 49.7 Å². The van der Waals surface area contributed by atoms with Crippen LogP contribution in [0.2, 0.25) is 0 Å². The smallest absolute Gasteiger partial charge is 0.261 e.